The number of ether oxygens (including phenoxy) is 1. The van der Waals surface area contributed by atoms with Crippen LogP contribution in [-0.4, -0.2) is 23.7 Å². The van der Waals surface area contributed by atoms with E-state index in [9.17, 15) is 0 Å². The van der Waals surface area contributed by atoms with Crippen molar-refractivity contribution in [2.75, 3.05) is 19.5 Å². The molecule has 0 aliphatic rings. The number of hydrogen-bond donors (Lipinski definition) is 1. The molecule has 0 aliphatic carbocycles. The summed E-state index contributed by atoms with van der Waals surface area (Å²) in [6.07, 6.45) is 1.65. The molecule has 15 heavy (non-hydrogen) atoms. The van der Waals surface area contributed by atoms with Gasteiger partial charge >= 0.3 is 0 Å². The average Bonchev–Trinajstić information content (AvgIpc) is 2.12. The van der Waals surface area contributed by atoms with Crippen LogP contribution in [0.15, 0.2) is 6.07 Å². The minimum Gasteiger partial charge on any atom is -0.384 e. The zero-order valence-electron chi connectivity index (χ0n) is 9.66. The Morgan fingerprint density at radius 2 is 2.13 bits per heavy atom. The maximum atomic E-state index is 5.71. The Hall–Kier alpha value is -1.16. The van der Waals surface area contributed by atoms with Crippen molar-refractivity contribution in [3.8, 4) is 0 Å². The Morgan fingerprint density at radius 1 is 1.40 bits per heavy atom. The molecule has 0 aliphatic heterocycles. The van der Waals surface area contributed by atoms with Gasteiger partial charge in [-0.2, -0.15) is 0 Å². The molecule has 1 heterocycles. The maximum absolute atomic E-state index is 5.71. The Bertz CT molecular complexity index is 313. The van der Waals surface area contributed by atoms with Gasteiger partial charge in [0.1, 0.15) is 11.6 Å². The van der Waals surface area contributed by atoms with Crippen LogP contribution >= 0.6 is 0 Å². The molecular formula is C11H19N3O. The van der Waals surface area contributed by atoms with Gasteiger partial charge in [0.25, 0.3) is 0 Å². The van der Waals surface area contributed by atoms with Gasteiger partial charge in [-0.3, -0.25) is 0 Å². The monoisotopic (exact) mass is 209 g/mol. The summed E-state index contributed by atoms with van der Waals surface area (Å²) in [7, 11) is 1.67. The van der Waals surface area contributed by atoms with Crippen LogP contribution in [0.5, 0.6) is 0 Å². The van der Waals surface area contributed by atoms with Gasteiger partial charge in [0, 0.05) is 25.3 Å². The zero-order valence-corrected chi connectivity index (χ0v) is 9.66. The van der Waals surface area contributed by atoms with Gasteiger partial charge in [-0.25, -0.2) is 9.97 Å². The van der Waals surface area contributed by atoms with E-state index in [0.717, 1.165) is 17.9 Å². The summed E-state index contributed by atoms with van der Waals surface area (Å²) in [6.45, 7) is 4.95. The van der Waals surface area contributed by atoms with Crippen molar-refractivity contribution < 1.29 is 4.74 Å². The number of nitrogens with two attached hydrogens (primary N) is 1. The molecule has 0 saturated heterocycles. The molecule has 0 bridgehead atoms. The van der Waals surface area contributed by atoms with Crippen molar-refractivity contribution in [1.82, 2.24) is 9.97 Å². The van der Waals surface area contributed by atoms with Gasteiger partial charge < -0.3 is 10.5 Å². The third-order valence-corrected chi connectivity index (χ3v) is 1.99. The van der Waals surface area contributed by atoms with Gasteiger partial charge in [-0.1, -0.05) is 13.8 Å². The first-order valence-corrected chi connectivity index (χ1v) is 5.23. The predicted molar refractivity (Wildman–Crippen MR) is 60.6 cm³/mol. The second-order valence-electron chi connectivity index (χ2n) is 4.04. The van der Waals surface area contributed by atoms with Gasteiger partial charge in [-0.05, 0) is 12.3 Å². The van der Waals surface area contributed by atoms with E-state index in [-0.39, 0.29) is 0 Å². The lowest BCUT2D eigenvalue weighted by Crippen LogP contribution is -2.07. The van der Waals surface area contributed by atoms with Gasteiger partial charge in [0.2, 0.25) is 0 Å². The van der Waals surface area contributed by atoms with Crippen molar-refractivity contribution in [3.05, 3.63) is 17.6 Å². The van der Waals surface area contributed by atoms with Crippen LogP contribution in [-0.2, 0) is 17.6 Å². The number of methoxy groups -OCH3 is 1. The van der Waals surface area contributed by atoms with Crippen molar-refractivity contribution in [2.24, 2.45) is 5.92 Å². The minimum absolute atomic E-state index is 0.548. The third-order valence-electron chi connectivity index (χ3n) is 1.99. The summed E-state index contributed by atoms with van der Waals surface area (Å²) in [4.78, 5) is 8.61. The number of nitrogen functional groups attached to an aromatic ring is 1. The molecule has 84 valence electrons. The molecule has 1 rings (SSSR count). The highest BCUT2D eigenvalue weighted by atomic mass is 16.5. The van der Waals surface area contributed by atoms with Crippen molar-refractivity contribution >= 4 is 5.82 Å². The molecule has 4 heteroatoms. The zero-order chi connectivity index (χ0) is 11.3. The number of rotatable bonds is 5. The molecule has 0 spiro atoms. The Labute approximate surface area is 90.9 Å². The molecule has 4 nitrogen and oxygen atoms in total. The van der Waals surface area contributed by atoms with E-state index in [4.69, 9.17) is 10.5 Å². The molecular weight excluding hydrogens is 190 g/mol. The van der Waals surface area contributed by atoms with E-state index in [1.165, 1.54) is 0 Å². The smallest absolute Gasteiger partial charge is 0.133 e. The maximum Gasteiger partial charge on any atom is 0.133 e. The third kappa shape index (κ3) is 4.25. The van der Waals surface area contributed by atoms with Crippen LogP contribution in [0.1, 0.15) is 25.4 Å². The molecule has 1 aromatic rings. The largest absolute Gasteiger partial charge is 0.384 e. The normalized spacial score (nSPS) is 10.9. The molecule has 0 atom stereocenters. The lowest BCUT2D eigenvalue weighted by molar-refractivity contribution is 0.200. The van der Waals surface area contributed by atoms with Crippen LogP contribution in [0.3, 0.4) is 0 Å². The Balaban J connectivity index is 2.75. The summed E-state index contributed by atoms with van der Waals surface area (Å²) < 4.78 is 4.99. The van der Waals surface area contributed by atoms with Crippen LogP contribution in [0.25, 0.3) is 0 Å². The summed E-state index contributed by atoms with van der Waals surface area (Å²) in [5.74, 6) is 1.90. The quantitative estimate of drug-likeness (QED) is 0.797. The van der Waals surface area contributed by atoms with E-state index in [1.807, 2.05) is 6.07 Å². The van der Waals surface area contributed by atoms with Crippen molar-refractivity contribution in [1.29, 1.82) is 0 Å². The average molecular weight is 209 g/mol. The standard InChI is InChI=1S/C11H19N3O/c1-8(2)6-9-7-10(12)14-11(13-9)4-5-15-3/h7-8H,4-6H2,1-3H3,(H2,12,13,14). The van der Waals surface area contributed by atoms with Crippen LogP contribution in [0.2, 0.25) is 0 Å². The Morgan fingerprint density at radius 3 is 2.73 bits per heavy atom. The fraction of sp³-hybridized carbons (Fsp3) is 0.636. The highest BCUT2D eigenvalue weighted by molar-refractivity contribution is 5.30. The molecule has 0 saturated carbocycles. The molecule has 0 aromatic carbocycles. The SMILES string of the molecule is COCCc1nc(N)cc(CC(C)C)n1. The summed E-state index contributed by atoms with van der Waals surface area (Å²) in [5.41, 5.74) is 6.73. The topological polar surface area (TPSA) is 61.0 Å². The van der Waals surface area contributed by atoms with Crippen molar-refractivity contribution in [2.45, 2.75) is 26.7 Å². The van der Waals surface area contributed by atoms with Gasteiger partial charge in [0.15, 0.2) is 0 Å². The molecule has 0 unspecified atom stereocenters. The van der Waals surface area contributed by atoms with E-state index in [1.54, 1.807) is 7.11 Å². The molecule has 2 N–H and O–H groups in total. The van der Waals surface area contributed by atoms with Crippen LogP contribution in [0, 0.1) is 5.92 Å². The number of nitrogens with zero attached hydrogens (tertiary/aromatic N) is 2. The number of anilines is 1. The first-order chi connectivity index (χ1) is 7.11. The Kier molecular flexibility index (Phi) is 4.49. The summed E-state index contributed by atoms with van der Waals surface area (Å²) >= 11 is 0. The molecule has 0 fully saturated rings. The van der Waals surface area contributed by atoms with Gasteiger partial charge in [-0.15, -0.1) is 0 Å². The number of hydrogen-bond acceptors (Lipinski definition) is 4. The van der Waals surface area contributed by atoms with E-state index in [2.05, 4.69) is 23.8 Å². The second-order valence-corrected chi connectivity index (χ2v) is 4.04. The highest BCUT2D eigenvalue weighted by Gasteiger charge is 2.04. The van der Waals surface area contributed by atoms with E-state index in [0.29, 0.717) is 24.8 Å². The van der Waals surface area contributed by atoms with E-state index < -0.39 is 0 Å². The number of aromatic nitrogens is 2. The van der Waals surface area contributed by atoms with Crippen LogP contribution in [0.4, 0.5) is 5.82 Å². The van der Waals surface area contributed by atoms with Crippen molar-refractivity contribution in [3.63, 3.8) is 0 Å². The van der Waals surface area contributed by atoms with Gasteiger partial charge in [0.05, 0.1) is 6.61 Å². The summed E-state index contributed by atoms with van der Waals surface area (Å²) in [6, 6.07) is 1.84. The van der Waals surface area contributed by atoms with Crippen LogP contribution < -0.4 is 5.73 Å². The first kappa shape index (κ1) is 11.9. The first-order valence-electron chi connectivity index (χ1n) is 5.23. The lowest BCUT2D eigenvalue weighted by Gasteiger charge is -2.07. The predicted octanol–water partition coefficient (Wildman–Crippen LogP) is 1.45. The summed E-state index contributed by atoms with van der Waals surface area (Å²) in [5, 5.41) is 0. The van der Waals surface area contributed by atoms with E-state index >= 15 is 0 Å². The highest BCUT2D eigenvalue weighted by Crippen LogP contribution is 2.09. The second kappa shape index (κ2) is 5.66. The minimum atomic E-state index is 0.548. The molecule has 0 amide bonds. The fourth-order valence-electron chi connectivity index (χ4n) is 1.40. The molecule has 1 aromatic heterocycles. The fourth-order valence-corrected chi connectivity index (χ4v) is 1.40. The molecule has 0 radical (unpaired) electrons. The lowest BCUT2D eigenvalue weighted by atomic mass is 10.1.